The molecule has 0 bridgehead atoms. The van der Waals surface area contributed by atoms with Crippen molar-refractivity contribution in [2.24, 2.45) is 0 Å². The van der Waals surface area contributed by atoms with Crippen LogP contribution in [-0.4, -0.2) is 23.2 Å². The van der Waals surface area contributed by atoms with Crippen LogP contribution in [0.3, 0.4) is 0 Å². The number of amides is 1. The molecule has 2 N–H and O–H groups in total. The summed E-state index contributed by atoms with van der Waals surface area (Å²) >= 11 is 0. The number of carboxylic acids is 1. The minimum Gasteiger partial charge on any atom is -0.481 e. The SMILES string of the molecule is CC(=O)NC(CC(=O)O)(c1ccccc1)C(F)(F)F. The second kappa shape index (κ2) is 5.29. The van der Waals surface area contributed by atoms with Crippen molar-refractivity contribution in [3.05, 3.63) is 35.9 Å². The van der Waals surface area contributed by atoms with Gasteiger partial charge in [-0.3, -0.25) is 9.59 Å². The largest absolute Gasteiger partial charge is 0.481 e. The summed E-state index contributed by atoms with van der Waals surface area (Å²) in [6.07, 6.45) is -6.21. The second-order valence-corrected chi connectivity index (χ2v) is 4.02. The van der Waals surface area contributed by atoms with Crippen molar-refractivity contribution < 1.29 is 27.9 Å². The van der Waals surface area contributed by atoms with E-state index in [4.69, 9.17) is 5.11 Å². The molecule has 4 nitrogen and oxygen atoms in total. The molecule has 1 aromatic carbocycles. The highest BCUT2D eigenvalue weighted by atomic mass is 19.4. The summed E-state index contributed by atoms with van der Waals surface area (Å²) in [5.74, 6) is -2.61. The summed E-state index contributed by atoms with van der Waals surface area (Å²) < 4.78 is 39.9. The Balaban J connectivity index is 3.43. The van der Waals surface area contributed by atoms with Crippen LogP contribution in [-0.2, 0) is 15.1 Å². The van der Waals surface area contributed by atoms with Gasteiger partial charge in [0, 0.05) is 6.92 Å². The van der Waals surface area contributed by atoms with E-state index in [1.807, 2.05) is 0 Å². The summed E-state index contributed by atoms with van der Waals surface area (Å²) in [6.45, 7) is 0.908. The lowest BCUT2D eigenvalue weighted by molar-refractivity contribution is -0.207. The molecule has 1 atom stereocenters. The number of halogens is 3. The predicted molar refractivity (Wildman–Crippen MR) is 60.2 cm³/mol. The molecule has 1 aromatic rings. The van der Waals surface area contributed by atoms with Crippen LogP contribution in [0.25, 0.3) is 0 Å². The van der Waals surface area contributed by atoms with E-state index < -0.39 is 30.0 Å². The van der Waals surface area contributed by atoms with Crippen molar-refractivity contribution in [1.29, 1.82) is 0 Å². The maximum absolute atomic E-state index is 13.3. The Labute approximate surface area is 107 Å². The predicted octanol–water partition coefficient (Wildman–Crippen LogP) is 2.05. The first-order valence-electron chi connectivity index (χ1n) is 5.32. The maximum atomic E-state index is 13.3. The van der Waals surface area contributed by atoms with Crippen molar-refractivity contribution in [2.75, 3.05) is 0 Å². The van der Waals surface area contributed by atoms with Crippen LogP contribution < -0.4 is 5.32 Å². The number of hydrogen-bond acceptors (Lipinski definition) is 2. The zero-order valence-corrected chi connectivity index (χ0v) is 9.99. The van der Waals surface area contributed by atoms with Crippen LogP contribution in [0.4, 0.5) is 13.2 Å². The number of alkyl halides is 3. The van der Waals surface area contributed by atoms with E-state index in [2.05, 4.69) is 0 Å². The maximum Gasteiger partial charge on any atom is 0.416 e. The molecule has 1 amide bonds. The first kappa shape index (κ1) is 15.0. The quantitative estimate of drug-likeness (QED) is 0.883. The Kier molecular flexibility index (Phi) is 4.18. The van der Waals surface area contributed by atoms with Gasteiger partial charge in [0.2, 0.25) is 5.91 Å². The second-order valence-electron chi connectivity index (χ2n) is 4.02. The highest BCUT2D eigenvalue weighted by Gasteiger charge is 2.57. The number of carbonyl (C=O) groups excluding carboxylic acids is 1. The lowest BCUT2D eigenvalue weighted by Crippen LogP contribution is -2.56. The molecule has 0 radical (unpaired) electrons. The van der Waals surface area contributed by atoms with Gasteiger partial charge in [0.1, 0.15) is 0 Å². The van der Waals surface area contributed by atoms with E-state index in [0.29, 0.717) is 0 Å². The van der Waals surface area contributed by atoms with Gasteiger partial charge >= 0.3 is 12.1 Å². The zero-order valence-electron chi connectivity index (χ0n) is 9.99. The van der Waals surface area contributed by atoms with E-state index in [-0.39, 0.29) is 5.56 Å². The minimum atomic E-state index is -4.93. The monoisotopic (exact) mass is 275 g/mol. The third-order valence-electron chi connectivity index (χ3n) is 2.56. The molecule has 0 aliphatic rings. The fourth-order valence-corrected chi connectivity index (χ4v) is 1.80. The zero-order chi connectivity index (χ0) is 14.7. The number of aliphatic carboxylic acids is 1. The number of rotatable bonds is 4. The van der Waals surface area contributed by atoms with Crippen LogP contribution in [0.2, 0.25) is 0 Å². The van der Waals surface area contributed by atoms with Gasteiger partial charge in [-0.25, -0.2) is 0 Å². The number of carboxylic acid groups (broad SMARTS) is 1. The topological polar surface area (TPSA) is 66.4 Å². The van der Waals surface area contributed by atoms with E-state index >= 15 is 0 Å². The van der Waals surface area contributed by atoms with Gasteiger partial charge in [-0.1, -0.05) is 30.3 Å². The summed E-state index contributed by atoms with van der Waals surface area (Å²) in [6, 6.07) is 6.46. The molecule has 1 unspecified atom stereocenters. The molecule has 7 heteroatoms. The first-order chi connectivity index (χ1) is 8.69. The summed E-state index contributed by atoms with van der Waals surface area (Å²) in [7, 11) is 0. The number of hydrogen-bond donors (Lipinski definition) is 2. The van der Waals surface area contributed by atoms with Gasteiger partial charge in [0.25, 0.3) is 0 Å². The number of carbonyl (C=O) groups is 2. The molecule has 0 saturated heterocycles. The average Bonchev–Trinajstić information content (AvgIpc) is 2.26. The molecule has 104 valence electrons. The molecule has 0 fully saturated rings. The van der Waals surface area contributed by atoms with Crippen LogP contribution in [0.1, 0.15) is 18.9 Å². The van der Waals surface area contributed by atoms with E-state index in [1.54, 1.807) is 5.32 Å². The van der Waals surface area contributed by atoms with Gasteiger partial charge < -0.3 is 10.4 Å². The molecule has 0 aromatic heterocycles. The van der Waals surface area contributed by atoms with Gasteiger partial charge in [-0.2, -0.15) is 13.2 Å². The van der Waals surface area contributed by atoms with Crippen molar-refractivity contribution in [1.82, 2.24) is 5.32 Å². The Hall–Kier alpha value is -2.05. The van der Waals surface area contributed by atoms with Crippen molar-refractivity contribution >= 4 is 11.9 Å². The Morgan fingerprint density at radius 1 is 1.21 bits per heavy atom. The highest BCUT2D eigenvalue weighted by Crippen LogP contribution is 2.41. The molecule has 0 aliphatic heterocycles. The van der Waals surface area contributed by atoms with E-state index in [9.17, 15) is 22.8 Å². The highest BCUT2D eigenvalue weighted by molar-refractivity contribution is 5.77. The summed E-state index contributed by atoms with van der Waals surface area (Å²) in [5, 5.41) is 10.5. The molecule has 19 heavy (non-hydrogen) atoms. The molecule has 0 heterocycles. The van der Waals surface area contributed by atoms with Gasteiger partial charge in [0.15, 0.2) is 5.54 Å². The van der Waals surface area contributed by atoms with Crippen LogP contribution in [0.15, 0.2) is 30.3 Å². The summed E-state index contributed by atoms with van der Waals surface area (Å²) in [5.41, 5.74) is -3.24. The molecule has 0 aliphatic carbocycles. The lowest BCUT2D eigenvalue weighted by Gasteiger charge is -2.35. The molecular formula is C12H12F3NO3. The Morgan fingerprint density at radius 3 is 2.11 bits per heavy atom. The standard InChI is InChI=1S/C12H12F3NO3/c1-8(17)16-11(7-10(18)19,12(13,14)15)9-5-3-2-4-6-9/h2-6H,7H2,1H3,(H,16,17)(H,18,19). The normalized spacial score (nSPS) is 14.5. The van der Waals surface area contributed by atoms with Gasteiger partial charge in [-0.15, -0.1) is 0 Å². The molecular weight excluding hydrogens is 263 g/mol. The van der Waals surface area contributed by atoms with Crippen molar-refractivity contribution in [3.8, 4) is 0 Å². The van der Waals surface area contributed by atoms with Gasteiger partial charge in [0.05, 0.1) is 6.42 Å². The molecule has 0 spiro atoms. The smallest absolute Gasteiger partial charge is 0.416 e. The van der Waals surface area contributed by atoms with Crippen LogP contribution >= 0.6 is 0 Å². The summed E-state index contributed by atoms with van der Waals surface area (Å²) in [4.78, 5) is 21.8. The Morgan fingerprint density at radius 2 is 1.74 bits per heavy atom. The van der Waals surface area contributed by atoms with Crippen LogP contribution in [0, 0.1) is 0 Å². The minimum absolute atomic E-state index is 0.319. The fraction of sp³-hybridized carbons (Fsp3) is 0.333. The Bertz CT molecular complexity index is 455. The van der Waals surface area contributed by atoms with E-state index in [1.165, 1.54) is 18.2 Å². The lowest BCUT2D eigenvalue weighted by atomic mass is 9.85. The molecule has 1 rings (SSSR count). The first-order valence-corrected chi connectivity index (χ1v) is 5.32. The van der Waals surface area contributed by atoms with Crippen LogP contribution in [0.5, 0.6) is 0 Å². The van der Waals surface area contributed by atoms with E-state index in [0.717, 1.165) is 19.1 Å². The van der Waals surface area contributed by atoms with Crippen molar-refractivity contribution in [3.63, 3.8) is 0 Å². The number of benzene rings is 1. The average molecular weight is 275 g/mol. The molecule has 0 saturated carbocycles. The van der Waals surface area contributed by atoms with Gasteiger partial charge in [-0.05, 0) is 5.56 Å². The number of nitrogens with one attached hydrogen (secondary N) is 1. The third kappa shape index (κ3) is 3.24. The third-order valence-corrected chi connectivity index (χ3v) is 2.56. The van der Waals surface area contributed by atoms with Crippen molar-refractivity contribution in [2.45, 2.75) is 25.1 Å². The fourth-order valence-electron chi connectivity index (χ4n) is 1.80.